The fraction of sp³-hybridized carbons (Fsp3) is 0.423. The van der Waals surface area contributed by atoms with Crippen LogP contribution < -0.4 is 15.4 Å². The molecular weight excluding hydrogens is 418 g/mol. The molecule has 7 heteroatoms. The van der Waals surface area contributed by atoms with Gasteiger partial charge in [0.1, 0.15) is 5.75 Å². The molecule has 33 heavy (non-hydrogen) atoms. The summed E-state index contributed by atoms with van der Waals surface area (Å²) in [4.78, 5) is 40.0. The smallest absolute Gasteiger partial charge is 0.229 e. The molecule has 3 amide bonds. The SMILES string of the molecule is CCCCN1C(=O)CCC(C(=O)Nc2cccc(NC(=O)CC)c2)C1c1ccccc1OC. The first-order valence-electron chi connectivity index (χ1n) is 11.6. The first kappa shape index (κ1) is 24.3. The molecule has 2 N–H and O–H groups in total. The maximum Gasteiger partial charge on any atom is 0.229 e. The maximum absolute atomic E-state index is 13.5. The lowest BCUT2D eigenvalue weighted by Gasteiger charge is -2.41. The zero-order valence-corrected chi connectivity index (χ0v) is 19.6. The second-order valence-electron chi connectivity index (χ2n) is 8.24. The molecule has 2 aromatic rings. The van der Waals surface area contributed by atoms with E-state index in [1.54, 1.807) is 38.3 Å². The Morgan fingerprint density at radius 1 is 1.06 bits per heavy atom. The molecular formula is C26H33N3O4. The molecule has 1 saturated heterocycles. The Kier molecular flexibility index (Phi) is 8.46. The molecule has 7 nitrogen and oxygen atoms in total. The fourth-order valence-electron chi connectivity index (χ4n) is 4.27. The van der Waals surface area contributed by atoms with E-state index in [-0.39, 0.29) is 17.7 Å². The van der Waals surface area contributed by atoms with Crippen LogP contribution >= 0.6 is 0 Å². The molecule has 2 aromatic carbocycles. The van der Waals surface area contributed by atoms with E-state index in [9.17, 15) is 14.4 Å². The summed E-state index contributed by atoms with van der Waals surface area (Å²) in [5.41, 5.74) is 2.07. The number of amides is 3. The number of carbonyl (C=O) groups is 3. The molecule has 1 aliphatic rings. The number of nitrogens with zero attached hydrogens (tertiary/aromatic N) is 1. The third-order valence-electron chi connectivity index (χ3n) is 5.99. The van der Waals surface area contributed by atoms with Crippen molar-refractivity contribution in [2.24, 2.45) is 5.92 Å². The molecule has 1 aliphatic heterocycles. The molecule has 176 valence electrons. The molecule has 1 fully saturated rings. The summed E-state index contributed by atoms with van der Waals surface area (Å²) in [6.45, 7) is 4.47. The molecule has 2 atom stereocenters. The number of nitrogens with one attached hydrogen (secondary N) is 2. The van der Waals surface area contributed by atoms with Gasteiger partial charge in [-0.1, -0.05) is 44.5 Å². The summed E-state index contributed by atoms with van der Waals surface area (Å²) < 4.78 is 5.59. The molecule has 0 bridgehead atoms. The van der Waals surface area contributed by atoms with Crippen molar-refractivity contribution < 1.29 is 19.1 Å². The zero-order valence-electron chi connectivity index (χ0n) is 19.6. The van der Waals surface area contributed by atoms with Gasteiger partial charge in [0.25, 0.3) is 0 Å². The molecule has 2 unspecified atom stereocenters. The fourth-order valence-corrected chi connectivity index (χ4v) is 4.27. The average Bonchev–Trinajstić information content (AvgIpc) is 2.83. The van der Waals surface area contributed by atoms with Gasteiger partial charge < -0.3 is 20.3 Å². The number of ether oxygens (including phenoxy) is 1. The van der Waals surface area contributed by atoms with Crippen molar-refractivity contribution in [3.63, 3.8) is 0 Å². The topological polar surface area (TPSA) is 87.7 Å². The number of hydrogen-bond acceptors (Lipinski definition) is 4. The van der Waals surface area contributed by atoms with Gasteiger partial charge in [0, 0.05) is 36.3 Å². The van der Waals surface area contributed by atoms with Crippen LogP contribution in [0.3, 0.4) is 0 Å². The lowest BCUT2D eigenvalue weighted by Crippen LogP contribution is -2.47. The van der Waals surface area contributed by atoms with Crippen molar-refractivity contribution >= 4 is 29.1 Å². The van der Waals surface area contributed by atoms with E-state index in [1.807, 2.05) is 29.2 Å². The third kappa shape index (κ3) is 5.92. The van der Waals surface area contributed by atoms with Crippen LogP contribution in [-0.2, 0) is 14.4 Å². The maximum atomic E-state index is 13.5. The van der Waals surface area contributed by atoms with Crippen molar-refractivity contribution in [1.29, 1.82) is 0 Å². The van der Waals surface area contributed by atoms with Crippen LogP contribution in [0, 0.1) is 5.92 Å². The van der Waals surface area contributed by atoms with E-state index < -0.39 is 12.0 Å². The van der Waals surface area contributed by atoms with Gasteiger partial charge in [0.05, 0.1) is 19.1 Å². The lowest BCUT2D eigenvalue weighted by atomic mass is 9.83. The molecule has 0 aliphatic carbocycles. The minimum atomic E-state index is -0.426. The number of benzene rings is 2. The normalized spacial score (nSPS) is 18.0. The minimum absolute atomic E-state index is 0.0627. The number of piperidine rings is 1. The molecule has 0 radical (unpaired) electrons. The van der Waals surface area contributed by atoms with Crippen LogP contribution in [0.2, 0.25) is 0 Å². The second-order valence-corrected chi connectivity index (χ2v) is 8.24. The highest BCUT2D eigenvalue weighted by Gasteiger charge is 2.41. The van der Waals surface area contributed by atoms with Crippen molar-refractivity contribution in [2.45, 2.75) is 52.0 Å². The number of rotatable bonds is 9. The van der Waals surface area contributed by atoms with Crippen molar-refractivity contribution in [1.82, 2.24) is 4.90 Å². The monoisotopic (exact) mass is 451 g/mol. The predicted molar refractivity (Wildman–Crippen MR) is 129 cm³/mol. The average molecular weight is 452 g/mol. The molecule has 1 heterocycles. The van der Waals surface area contributed by atoms with Gasteiger partial charge >= 0.3 is 0 Å². The lowest BCUT2D eigenvalue weighted by molar-refractivity contribution is -0.142. The molecule has 0 spiro atoms. The summed E-state index contributed by atoms with van der Waals surface area (Å²) in [6.07, 6.45) is 2.99. The minimum Gasteiger partial charge on any atom is -0.496 e. The van der Waals surface area contributed by atoms with E-state index in [0.29, 0.717) is 42.9 Å². The summed E-state index contributed by atoms with van der Waals surface area (Å²) in [5.74, 6) is 0.0594. The van der Waals surface area contributed by atoms with Crippen molar-refractivity contribution in [2.75, 3.05) is 24.3 Å². The highest BCUT2D eigenvalue weighted by atomic mass is 16.5. The summed E-state index contributed by atoms with van der Waals surface area (Å²) in [6, 6.07) is 14.3. The van der Waals surface area contributed by atoms with Crippen LogP contribution in [0.15, 0.2) is 48.5 Å². The number of hydrogen-bond donors (Lipinski definition) is 2. The molecule has 0 saturated carbocycles. The second kappa shape index (κ2) is 11.5. The van der Waals surface area contributed by atoms with Crippen molar-refractivity contribution in [3.05, 3.63) is 54.1 Å². The Balaban J connectivity index is 1.90. The van der Waals surface area contributed by atoms with Crippen LogP contribution in [0.25, 0.3) is 0 Å². The Morgan fingerprint density at radius 3 is 2.48 bits per heavy atom. The Labute approximate surface area is 195 Å². The quantitative estimate of drug-likeness (QED) is 0.575. The van der Waals surface area contributed by atoms with Gasteiger partial charge in [0.15, 0.2) is 0 Å². The highest BCUT2D eigenvalue weighted by Crippen LogP contribution is 2.41. The summed E-state index contributed by atoms with van der Waals surface area (Å²) in [5, 5.41) is 5.81. The first-order chi connectivity index (χ1) is 16.0. The van der Waals surface area contributed by atoms with Gasteiger partial charge in [-0.3, -0.25) is 14.4 Å². The van der Waals surface area contributed by atoms with E-state index in [4.69, 9.17) is 4.74 Å². The van der Waals surface area contributed by atoms with E-state index in [0.717, 1.165) is 18.4 Å². The number of likely N-dealkylation sites (tertiary alicyclic amines) is 1. The van der Waals surface area contributed by atoms with Crippen LogP contribution in [0.5, 0.6) is 5.75 Å². The van der Waals surface area contributed by atoms with Gasteiger partial charge in [-0.05, 0) is 37.1 Å². The van der Waals surface area contributed by atoms with Gasteiger partial charge in [-0.25, -0.2) is 0 Å². The number of para-hydroxylation sites is 1. The first-order valence-corrected chi connectivity index (χ1v) is 11.6. The third-order valence-corrected chi connectivity index (χ3v) is 5.99. The van der Waals surface area contributed by atoms with Crippen LogP contribution in [-0.4, -0.2) is 36.3 Å². The number of carbonyl (C=O) groups excluding carboxylic acids is 3. The Hall–Kier alpha value is -3.35. The molecule has 0 aromatic heterocycles. The van der Waals surface area contributed by atoms with Crippen molar-refractivity contribution in [3.8, 4) is 5.75 Å². The van der Waals surface area contributed by atoms with E-state index >= 15 is 0 Å². The zero-order chi connectivity index (χ0) is 23.8. The number of unbranched alkanes of at least 4 members (excludes halogenated alkanes) is 1. The largest absolute Gasteiger partial charge is 0.496 e. The molecule has 3 rings (SSSR count). The Morgan fingerprint density at radius 2 is 1.79 bits per heavy atom. The summed E-state index contributed by atoms with van der Waals surface area (Å²) >= 11 is 0. The van der Waals surface area contributed by atoms with Crippen LogP contribution in [0.1, 0.15) is 57.6 Å². The Bertz CT molecular complexity index is 991. The number of anilines is 2. The van der Waals surface area contributed by atoms with E-state index in [2.05, 4.69) is 17.6 Å². The summed E-state index contributed by atoms with van der Waals surface area (Å²) in [7, 11) is 1.60. The van der Waals surface area contributed by atoms with Crippen LogP contribution in [0.4, 0.5) is 11.4 Å². The van der Waals surface area contributed by atoms with Gasteiger partial charge in [0.2, 0.25) is 17.7 Å². The van der Waals surface area contributed by atoms with E-state index in [1.165, 1.54) is 0 Å². The number of methoxy groups -OCH3 is 1. The van der Waals surface area contributed by atoms with Gasteiger partial charge in [-0.15, -0.1) is 0 Å². The van der Waals surface area contributed by atoms with Gasteiger partial charge in [-0.2, -0.15) is 0 Å². The predicted octanol–water partition coefficient (Wildman–Crippen LogP) is 4.76. The highest BCUT2D eigenvalue weighted by molar-refractivity contribution is 5.96. The standard InChI is InChI=1S/C26H33N3O4/c1-4-6-16-29-24(31)15-14-21(25(29)20-12-7-8-13-22(20)33-3)26(32)28-19-11-9-10-18(17-19)27-23(30)5-2/h7-13,17,21,25H,4-6,14-16H2,1-3H3,(H,27,30)(H,28,32).